The van der Waals surface area contributed by atoms with E-state index in [0.717, 1.165) is 0 Å². The highest BCUT2D eigenvalue weighted by atomic mass is 16.7. The number of anilines is 1. The van der Waals surface area contributed by atoms with E-state index in [9.17, 15) is 19.2 Å². The summed E-state index contributed by atoms with van der Waals surface area (Å²) in [5, 5.41) is 3.02. The first-order valence-electron chi connectivity index (χ1n) is 6.91. The van der Waals surface area contributed by atoms with Gasteiger partial charge in [-0.1, -0.05) is 13.8 Å². The lowest BCUT2D eigenvalue weighted by Crippen LogP contribution is -2.32. The topological polar surface area (TPSA) is 92.8 Å². The zero-order valence-corrected chi connectivity index (χ0v) is 12.5. The van der Waals surface area contributed by atoms with E-state index in [1.807, 2.05) is 0 Å². The number of nitrogens with zero attached hydrogens (tertiary/aromatic N) is 1. The molecule has 0 aliphatic heterocycles. The Kier molecular flexibility index (Phi) is 6.75. The number of hydrogen-bond donors (Lipinski definition) is 1. The first kappa shape index (κ1) is 17.4. The Morgan fingerprint density at radius 1 is 1.18 bits per heavy atom. The maximum absolute atomic E-state index is 11.9. The smallest absolute Gasteiger partial charge is 0.326 e. The van der Waals surface area contributed by atoms with Crippen LogP contribution in [0, 0.1) is 0 Å². The van der Waals surface area contributed by atoms with E-state index in [-0.39, 0.29) is 24.3 Å². The molecule has 0 aliphatic rings. The van der Waals surface area contributed by atoms with Crippen LogP contribution in [0.1, 0.15) is 43.5 Å². The van der Waals surface area contributed by atoms with Gasteiger partial charge >= 0.3 is 5.97 Å². The van der Waals surface area contributed by atoms with Crippen molar-refractivity contribution in [2.24, 2.45) is 0 Å². The predicted octanol–water partition coefficient (Wildman–Crippen LogP) is 1.89. The minimum atomic E-state index is -0.829. The zero-order chi connectivity index (χ0) is 16.5. The molecule has 1 aromatic carbocycles. The number of hydrogen-bond acceptors (Lipinski definition) is 5. The molecule has 0 saturated carbocycles. The minimum absolute atomic E-state index is 0.105. The molecule has 7 nitrogen and oxygen atoms in total. The minimum Gasteiger partial charge on any atom is -0.326 e. The molecule has 0 bridgehead atoms. The normalized spacial score (nSPS) is 9.73. The largest absolute Gasteiger partial charge is 0.363 e. The third kappa shape index (κ3) is 5.01. The van der Waals surface area contributed by atoms with E-state index in [4.69, 9.17) is 4.84 Å². The molecule has 3 amide bonds. The molecule has 7 heteroatoms. The van der Waals surface area contributed by atoms with Crippen LogP contribution in [0.4, 0.5) is 5.69 Å². The Hall–Kier alpha value is -2.70. The van der Waals surface area contributed by atoms with Gasteiger partial charge in [0.15, 0.2) is 0 Å². The second-order valence-corrected chi connectivity index (χ2v) is 4.43. The zero-order valence-electron chi connectivity index (χ0n) is 12.5. The highest BCUT2D eigenvalue weighted by Gasteiger charge is 2.18. The van der Waals surface area contributed by atoms with Crippen molar-refractivity contribution in [3.05, 3.63) is 29.8 Å². The highest BCUT2D eigenvalue weighted by molar-refractivity contribution is 5.94. The summed E-state index contributed by atoms with van der Waals surface area (Å²) in [4.78, 5) is 50.1. The molecule has 0 heterocycles. The predicted molar refractivity (Wildman–Crippen MR) is 78.6 cm³/mol. The molecule has 0 radical (unpaired) electrons. The van der Waals surface area contributed by atoms with Gasteiger partial charge in [0.1, 0.15) is 0 Å². The Balaban J connectivity index is 2.70. The van der Waals surface area contributed by atoms with Crippen LogP contribution in [0.15, 0.2) is 24.3 Å². The molecule has 118 valence electrons. The van der Waals surface area contributed by atoms with Gasteiger partial charge in [0.2, 0.25) is 5.91 Å². The molecule has 0 aliphatic carbocycles. The van der Waals surface area contributed by atoms with E-state index in [2.05, 4.69) is 5.32 Å². The van der Waals surface area contributed by atoms with E-state index < -0.39 is 11.9 Å². The summed E-state index contributed by atoms with van der Waals surface area (Å²) in [6, 6.07) is 5.92. The van der Waals surface area contributed by atoms with E-state index in [0.29, 0.717) is 23.6 Å². The van der Waals surface area contributed by atoms with Crippen molar-refractivity contribution >= 4 is 29.9 Å². The summed E-state index contributed by atoms with van der Waals surface area (Å²) in [6.45, 7) is 3.49. The third-order valence-electron chi connectivity index (χ3n) is 2.71. The summed E-state index contributed by atoms with van der Waals surface area (Å²) in [5.74, 6) is -1.56. The Labute approximate surface area is 128 Å². The first-order chi connectivity index (χ1) is 10.5. The lowest BCUT2D eigenvalue weighted by atomic mass is 10.2. The molecule has 22 heavy (non-hydrogen) atoms. The number of imide groups is 1. The van der Waals surface area contributed by atoms with Crippen LogP contribution < -0.4 is 5.32 Å². The Bertz CT molecular complexity index is 554. The summed E-state index contributed by atoms with van der Waals surface area (Å²) in [7, 11) is 0. The summed E-state index contributed by atoms with van der Waals surface area (Å²) < 4.78 is 0. The van der Waals surface area contributed by atoms with Crippen LogP contribution in [0.5, 0.6) is 0 Å². The van der Waals surface area contributed by atoms with Crippen LogP contribution >= 0.6 is 0 Å². The number of nitrogens with one attached hydrogen (secondary N) is 1. The van der Waals surface area contributed by atoms with Gasteiger partial charge < -0.3 is 10.2 Å². The molecule has 0 aromatic heterocycles. The molecule has 1 rings (SSSR count). The molecule has 0 saturated heterocycles. The average molecular weight is 306 g/mol. The number of hydroxylamine groups is 2. The van der Waals surface area contributed by atoms with Gasteiger partial charge in [-0.25, -0.2) is 4.79 Å². The van der Waals surface area contributed by atoms with Crippen LogP contribution in [0.25, 0.3) is 0 Å². The molecular weight excluding hydrogens is 288 g/mol. The van der Waals surface area contributed by atoms with Crippen molar-refractivity contribution in [1.82, 2.24) is 5.06 Å². The van der Waals surface area contributed by atoms with Gasteiger partial charge in [0, 0.05) is 18.5 Å². The molecule has 0 fully saturated rings. The molecule has 1 N–H and O–H groups in total. The third-order valence-corrected chi connectivity index (χ3v) is 2.71. The molecule has 1 aromatic rings. The van der Waals surface area contributed by atoms with E-state index in [1.165, 1.54) is 24.3 Å². The van der Waals surface area contributed by atoms with Gasteiger partial charge in [-0.15, -0.1) is 5.06 Å². The van der Waals surface area contributed by atoms with Crippen molar-refractivity contribution in [3.63, 3.8) is 0 Å². The molecule has 0 spiro atoms. The van der Waals surface area contributed by atoms with Crippen molar-refractivity contribution in [1.29, 1.82) is 0 Å². The number of rotatable bonds is 6. The average Bonchev–Trinajstić information content (AvgIpc) is 2.53. The van der Waals surface area contributed by atoms with Crippen LogP contribution in [-0.2, 0) is 19.2 Å². The Morgan fingerprint density at radius 2 is 1.82 bits per heavy atom. The first-order valence-corrected chi connectivity index (χ1v) is 6.91. The number of carbonyl (C=O) groups is 4. The van der Waals surface area contributed by atoms with Gasteiger partial charge in [0.05, 0.1) is 5.56 Å². The number of amides is 3. The molecule has 0 atom stereocenters. The van der Waals surface area contributed by atoms with Gasteiger partial charge in [-0.3, -0.25) is 14.4 Å². The summed E-state index contributed by atoms with van der Waals surface area (Å²) >= 11 is 0. The van der Waals surface area contributed by atoms with E-state index in [1.54, 1.807) is 13.8 Å². The second kappa shape index (κ2) is 8.56. The second-order valence-electron chi connectivity index (χ2n) is 4.43. The highest BCUT2D eigenvalue weighted by Crippen LogP contribution is 2.11. The van der Waals surface area contributed by atoms with Crippen molar-refractivity contribution in [2.75, 3.05) is 5.32 Å². The van der Waals surface area contributed by atoms with E-state index >= 15 is 0 Å². The fourth-order valence-corrected chi connectivity index (χ4v) is 1.54. The molecule has 0 unspecified atom stereocenters. The molecular formula is C15H18N2O5. The maximum atomic E-state index is 11.9. The van der Waals surface area contributed by atoms with Crippen molar-refractivity contribution in [3.8, 4) is 0 Å². The summed E-state index contributed by atoms with van der Waals surface area (Å²) in [5.41, 5.74) is 0.698. The fourth-order valence-electron chi connectivity index (χ4n) is 1.54. The lowest BCUT2D eigenvalue weighted by Gasteiger charge is -2.14. The summed E-state index contributed by atoms with van der Waals surface area (Å²) in [6.07, 6.45) is 1.14. The van der Waals surface area contributed by atoms with Crippen molar-refractivity contribution < 1.29 is 24.0 Å². The maximum Gasteiger partial charge on any atom is 0.363 e. The number of carbonyl (C=O) groups excluding carboxylic acids is 4. The standard InChI is InChI=1S/C15H18N2O5/c1-3-5-14(20)17(10-18)22-15(21)11-6-8-12(9-7-11)16-13(19)4-2/h6-10H,3-5H2,1-2H3,(H,16,19). The van der Waals surface area contributed by atoms with Crippen LogP contribution in [0.2, 0.25) is 0 Å². The quantitative estimate of drug-likeness (QED) is 0.640. The van der Waals surface area contributed by atoms with Gasteiger partial charge in [-0.05, 0) is 30.7 Å². The van der Waals surface area contributed by atoms with Crippen LogP contribution in [-0.4, -0.2) is 29.3 Å². The van der Waals surface area contributed by atoms with Gasteiger partial charge in [0.25, 0.3) is 12.3 Å². The number of benzene rings is 1. The van der Waals surface area contributed by atoms with Gasteiger partial charge in [-0.2, -0.15) is 0 Å². The Morgan fingerprint density at radius 3 is 2.32 bits per heavy atom. The monoisotopic (exact) mass is 306 g/mol. The van der Waals surface area contributed by atoms with Crippen molar-refractivity contribution in [2.45, 2.75) is 33.1 Å². The SMILES string of the molecule is CCCC(=O)N(C=O)OC(=O)c1ccc(NC(=O)CC)cc1. The van der Waals surface area contributed by atoms with Crippen LogP contribution in [0.3, 0.4) is 0 Å². The fraction of sp³-hybridized carbons (Fsp3) is 0.333. The lowest BCUT2D eigenvalue weighted by molar-refractivity contribution is -0.171.